The Labute approximate surface area is 92.3 Å². The maximum absolute atomic E-state index is 11.5. The second-order valence-corrected chi connectivity index (χ2v) is 5.77. The van der Waals surface area contributed by atoms with E-state index < -0.39 is 11.4 Å². The van der Waals surface area contributed by atoms with Crippen molar-refractivity contribution in [1.82, 2.24) is 4.98 Å². The minimum atomic E-state index is -0.607. The molecular weight excluding hydrogens is 210 g/mol. The van der Waals surface area contributed by atoms with Gasteiger partial charge in [0.05, 0.1) is 5.41 Å². The molecular formula is C11H13NO2S. The molecule has 80 valence electrons. The monoisotopic (exact) mass is 223 g/mol. The van der Waals surface area contributed by atoms with E-state index in [2.05, 4.69) is 4.98 Å². The summed E-state index contributed by atoms with van der Waals surface area (Å²) in [6.07, 6.45) is 6.41. The fourth-order valence-corrected chi connectivity index (χ4v) is 4.49. The van der Waals surface area contributed by atoms with E-state index >= 15 is 0 Å². The number of carboxylic acid groups (broad SMARTS) is 1. The molecule has 2 unspecified atom stereocenters. The van der Waals surface area contributed by atoms with E-state index in [1.54, 1.807) is 0 Å². The fourth-order valence-electron chi connectivity index (χ4n) is 2.80. The van der Waals surface area contributed by atoms with Gasteiger partial charge in [-0.2, -0.15) is 11.8 Å². The van der Waals surface area contributed by atoms with Crippen molar-refractivity contribution in [2.45, 2.75) is 24.5 Å². The molecule has 0 spiro atoms. The lowest BCUT2D eigenvalue weighted by molar-refractivity contribution is -0.149. The number of carbonyl (C=O) groups is 1. The molecule has 1 aromatic heterocycles. The van der Waals surface area contributed by atoms with Crippen molar-refractivity contribution in [2.75, 3.05) is 5.75 Å². The minimum Gasteiger partial charge on any atom is -0.481 e. The average molecular weight is 223 g/mol. The highest BCUT2D eigenvalue weighted by molar-refractivity contribution is 8.00. The lowest BCUT2D eigenvalue weighted by atomic mass is 9.71. The first-order valence-electron chi connectivity index (χ1n) is 5.22. The van der Waals surface area contributed by atoms with Crippen molar-refractivity contribution in [1.29, 1.82) is 0 Å². The third-order valence-corrected chi connectivity index (χ3v) is 5.21. The average Bonchev–Trinajstić information content (AvgIpc) is 2.78. The van der Waals surface area contributed by atoms with Crippen LogP contribution in [0.15, 0.2) is 12.4 Å². The predicted molar refractivity (Wildman–Crippen MR) is 59.1 cm³/mol. The van der Waals surface area contributed by atoms with E-state index in [9.17, 15) is 9.90 Å². The number of thioether (sulfide) groups is 1. The Balaban J connectivity index is 2.05. The minimum absolute atomic E-state index is 0.276. The van der Waals surface area contributed by atoms with E-state index in [0.29, 0.717) is 6.42 Å². The number of aromatic nitrogens is 1. The van der Waals surface area contributed by atoms with Gasteiger partial charge in [0.1, 0.15) is 0 Å². The van der Waals surface area contributed by atoms with Gasteiger partial charge in [-0.25, -0.2) is 0 Å². The molecule has 4 heteroatoms. The third-order valence-electron chi connectivity index (χ3n) is 3.75. The SMILES string of the molecule is O=C(O)C12CCSC1Cc1c[nH]cc1C2. The van der Waals surface area contributed by atoms with Crippen LogP contribution in [0.5, 0.6) is 0 Å². The number of aliphatic carboxylic acids is 1. The van der Waals surface area contributed by atoms with Gasteiger partial charge < -0.3 is 10.1 Å². The molecule has 0 radical (unpaired) electrons. The van der Waals surface area contributed by atoms with Gasteiger partial charge in [-0.05, 0) is 36.1 Å². The Kier molecular flexibility index (Phi) is 1.89. The van der Waals surface area contributed by atoms with E-state index in [4.69, 9.17) is 0 Å². The Bertz CT molecular complexity index is 414. The number of hydrogen-bond donors (Lipinski definition) is 2. The standard InChI is InChI=1S/C11H13NO2S/c13-10(14)11-1-2-15-9(11)3-7-5-12-6-8(7)4-11/h5-6,9,12H,1-4H2,(H,13,14). The van der Waals surface area contributed by atoms with Crippen LogP contribution in [-0.2, 0) is 17.6 Å². The summed E-state index contributed by atoms with van der Waals surface area (Å²) in [5.41, 5.74) is 2.03. The normalized spacial score (nSPS) is 33.5. The number of carboxylic acids is 1. The Morgan fingerprint density at radius 2 is 2.33 bits per heavy atom. The zero-order valence-corrected chi connectivity index (χ0v) is 9.14. The lowest BCUT2D eigenvalue weighted by Crippen LogP contribution is -2.43. The van der Waals surface area contributed by atoms with E-state index in [1.807, 2.05) is 24.2 Å². The van der Waals surface area contributed by atoms with Crippen molar-refractivity contribution in [3.05, 3.63) is 23.5 Å². The molecule has 2 N–H and O–H groups in total. The first-order chi connectivity index (χ1) is 7.22. The molecule has 1 fully saturated rings. The first kappa shape index (κ1) is 9.33. The van der Waals surface area contributed by atoms with Crippen LogP contribution < -0.4 is 0 Å². The van der Waals surface area contributed by atoms with Gasteiger partial charge in [0.2, 0.25) is 0 Å². The van der Waals surface area contributed by atoms with E-state index in [-0.39, 0.29) is 5.25 Å². The summed E-state index contributed by atoms with van der Waals surface area (Å²) in [4.78, 5) is 14.5. The molecule has 3 rings (SSSR count). The number of H-pyrrole nitrogens is 1. The van der Waals surface area contributed by atoms with Crippen molar-refractivity contribution in [2.24, 2.45) is 5.41 Å². The van der Waals surface area contributed by atoms with Crippen LogP contribution in [0.2, 0.25) is 0 Å². The number of aromatic amines is 1. The smallest absolute Gasteiger partial charge is 0.311 e. The van der Waals surface area contributed by atoms with Gasteiger partial charge in [0, 0.05) is 17.6 Å². The molecule has 2 heterocycles. The molecule has 0 amide bonds. The predicted octanol–water partition coefficient (Wildman–Crippen LogP) is 1.69. The summed E-state index contributed by atoms with van der Waals surface area (Å²) in [6, 6.07) is 0. The van der Waals surface area contributed by atoms with E-state index in [0.717, 1.165) is 18.6 Å². The van der Waals surface area contributed by atoms with E-state index in [1.165, 1.54) is 11.1 Å². The fraction of sp³-hybridized carbons (Fsp3) is 0.545. The van der Waals surface area contributed by atoms with Crippen molar-refractivity contribution >= 4 is 17.7 Å². The quantitative estimate of drug-likeness (QED) is 0.761. The van der Waals surface area contributed by atoms with Crippen molar-refractivity contribution < 1.29 is 9.90 Å². The summed E-state index contributed by atoms with van der Waals surface area (Å²) >= 11 is 1.83. The molecule has 1 aliphatic carbocycles. The highest BCUT2D eigenvalue weighted by Gasteiger charge is 2.52. The summed E-state index contributed by atoms with van der Waals surface area (Å²) < 4.78 is 0. The molecule has 2 atom stereocenters. The molecule has 1 aliphatic heterocycles. The maximum Gasteiger partial charge on any atom is 0.311 e. The third kappa shape index (κ3) is 1.17. The summed E-state index contributed by atoms with van der Waals surface area (Å²) in [5.74, 6) is 0.384. The van der Waals surface area contributed by atoms with Gasteiger partial charge in [-0.3, -0.25) is 4.79 Å². The highest BCUT2D eigenvalue weighted by Crippen LogP contribution is 2.50. The van der Waals surface area contributed by atoms with Gasteiger partial charge in [-0.1, -0.05) is 0 Å². The number of hydrogen-bond acceptors (Lipinski definition) is 2. The van der Waals surface area contributed by atoms with Crippen LogP contribution in [0.4, 0.5) is 0 Å². The van der Waals surface area contributed by atoms with Gasteiger partial charge in [-0.15, -0.1) is 0 Å². The molecule has 1 saturated heterocycles. The van der Waals surface area contributed by atoms with Crippen LogP contribution in [0.1, 0.15) is 17.5 Å². The summed E-state index contributed by atoms with van der Waals surface area (Å²) in [6.45, 7) is 0. The molecule has 0 bridgehead atoms. The molecule has 0 aromatic carbocycles. The van der Waals surface area contributed by atoms with Crippen LogP contribution in [-0.4, -0.2) is 27.1 Å². The summed E-state index contributed by atoms with van der Waals surface area (Å²) in [5, 5.41) is 9.71. The topological polar surface area (TPSA) is 53.1 Å². The van der Waals surface area contributed by atoms with Gasteiger partial charge in [0.15, 0.2) is 0 Å². The summed E-state index contributed by atoms with van der Waals surface area (Å²) in [7, 11) is 0. The number of fused-ring (bicyclic) bond motifs is 2. The zero-order valence-electron chi connectivity index (χ0n) is 8.32. The Hall–Kier alpha value is -0.900. The highest BCUT2D eigenvalue weighted by atomic mass is 32.2. The second-order valence-electron chi connectivity index (χ2n) is 4.46. The molecule has 2 aliphatic rings. The Morgan fingerprint density at radius 1 is 1.53 bits per heavy atom. The maximum atomic E-state index is 11.5. The van der Waals surface area contributed by atoms with Crippen LogP contribution in [0, 0.1) is 5.41 Å². The van der Waals surface area contributed by atoms with Gasteiger partial charge in [0.25, 0.3) is 0 Å². The molecule has 3 nitrogen and oxygen atoms in total. The lowest BCUT2D eigenvalue weighted by Gasteiger charge is -2.34. The number of rotatable bonds is 1. The molecule has 0 saturated carbocycles. The number of nitrogens with one attached hydrogen (secondary N) is 1. The van der Waals surface area contributed by atoms with Crippen LogP contribution >= 0.6 is 11.8 Å². The molecule has 1 aromatic rings. The van der Waals surface area contributed by atoms with Crippen LogP contribution in [0.3, 0.4) is 0 Å². The second kappa shape index (κ2) is 3.04. The van der Waals surface area contributed by atoms with Crippen molar-refractivity contribution in [3.8, 4) is 0 Å². The molecule has 15 heavy (non-hydrogen) atoms. The van der Waals surface area contributed by atoms with Crippen LogP contribution in [0.25, 0.3) is 0 Å². The van der Waals surface area contributed by atoms with Crippen molar-refractivity contribution in [3.63, 3.8) is 0 Å². The first-order valence-corrected chi connectivity index (χ1v) is 6.27. The zero-order chi connectivity index (χ0) is 10.5. The Morgan fingerprint density at radius 3 is 3.13 bits per heavy atom. The van der Waals surface area contributed by atoms with Gasteiger partial charge >= 0.3 is 5.97 Å². The largest absolute Gasteiger partial charge is 0.481 e.